The average Bonchev–Trinajstić information content (AvgIpc) is 2.91. The average molecular weight is 542 g/mol. The first kappa shape index (κ1) is 28.5. The Kier molecular flexibility index (Phi) is 9.69. The quantitative estimate of drug-likeness (QED) is 0.273. The van der Waals surface area contributed by atoms with Crippen LogP contribution in [0, 0.1) is 0 Å². The molecule has 0 unspecified atom stereocenters. The minimum Gasteiger partial charge on any atom is -0.493 e. The SMILES string of the molecule is CCCNC(=O)Nc1cccc(-c2ccc(C[C@H](NS(=O)(=O)c3ccc(OC)c(OC)c3)C(=O)O)cc2)c1. The van der Waals surface area contributed by atoms with E-state index in [0.717, 1.165) is 17.5 Å². The lowest BCUT2D eigenvalue weighted by atomic mass is 10.0. The fourth-order valence-corrected chi connectivity index (χ4v) is 4.88. The molecule has 0 aliphatic carbocycles. The second kappa shape index (κ2) is 12.9. The standard InChI is InChI=1S/C27H31N3O7S/c1-4-14-28-27(33)29-21-7-5-6-20(16-21)19-10-8-18(9-11-19)15-23(26(31)32)30-38(34,35)22-12-13-24(36-2)25(17-22)37-3/h5-13,16-17,23,30H,4,14-15H2,1-3H3,(H,31,32)(H2,28,29,33)/t23-/m0/s1. The van der Waals surface area contributed by atoms with E-state index < -0.39 is 22.0 Å². The van der Waals surface area contributed by atoms with E-state index in [1.807, 2.05) is 37.3 Å². The van der Waals surface area contributed by atoms with Gasteiger partial charge in [0.1, 0.15) is 6.04 Å². The number of rotatable bonds is 12. The zero-order valence-electron chi connectivity index (χ0n) is 21.4. The molecule has 3 aromatic rings. The Morgan fingerprint density at radius 2 is 1.63 bits per heavy atom. The molecule has 10 nitrogen and oxygen atoms in total. The van der Waals surface area contributed by atoms with Gasteiger partial charge in [-0.25, -0.2) is 13.2 Å². The highest BCUT2D eigenvalue weighted by molar-refractivity contribution is 7.89. The minimum atomic E-state index is -4.16. The molecule has 202 valence electrons. The molecular formula is C27H31N3O7S. The van der Waals surface area contributed by atoms with Gasteiger partial charge in [-0.05, 0) is 53.8 Å². The van der Waals surface area contributed by atoms with E-state index in [1.54, 1.807) is 18.2 Å². The maximum absolute atomic E-state index is 12.9. The van der Waals surface area contributed by atoms with Gasteiger partial charge in [-0.1, -0.05) is 43.3 Å². The van der Waals surface area contributed by atoms with Gasteiger partial charge in [-0.3, -0.25) is 4.79 Å². The molecule has 0 bridgehead atoms. The van der Waals surface area contributed by atoms with Gasteiger partial charge in [-0.2, -0.15) is 4.72 Å². The minimum absolute atomic E-state index is 0.0681. The molecular weight excluding hydrogens is 510 g/mol. The lowest BCUT2D eigenvalue weighted by molar-refractivity contribution is -0.138. The maximum atomic E-state index is 12.9. The molecule has 0 aliphatic heterocycles. The number of hydrogen-bond donors (Lipinski definition) is 4. The second-order valence-corrected chi connectivity index (χ2v) is 10.1. The van der Waals surface area contributed by atoms with E-state index in [9.17, 15) is 23.1 Å². The van der Waals surface area contributed by atoms with E-state index in [2.05, 4.69) is 15.4 Å². The smallest absolute Gasteiger partial charge is 0.322 e. The normalized spacial score (nSPS) is 11.9. The van der Waals surface area contributed by atoms with Crippen LogP contribution in [0.25, 0.3) is 11.1 Å². The van der Waals surface area contributed by atoms with Crippen LogP contribution in [-0.4, -0.2) is 52.3 Å². The van der Waals surface area contributed by atoms with Gasteiger partial charge in [0.15, 0.2) is 11.5 Å². The second-order valence-electron chi connectivity index (χ2n) is 8.39. The molecule has 0 saturated heterocycles. The van der Waals surface area contributed by atoms with Gasteiger partial charge < -0.3 is 25.2 Å². The molecule has 4 N–H and O–H groups in total. The number of hydrogen-bond acceptors (Lipinski definition) is 6. The first-order chi connectivity index (χ1) is 18.2. The van der Waals surface area contributed by atoms with Gasteiger partial charge in [-0.15, -0.1) is 0 Å². The van der Waals surface area contributed by atoms with Crippen LogP contribution in [0.5, 0.6) is 11.5 Å². The van der Waals surface area contributed by atoms with Gasteiger partial charge in [0.05, 0.1) is 19.1 Å². The number of ether oxygens (including phenoxy) is 2. The van der Waals surface area contributed by atoms with Crippen molar-refractivity contribution in [3.05, 3.63) is 72.3 Å². The van der Waals surface area contributed by atoms with Crippen molar-refractivity contribution in [2.75, 3.05) is 26.1 Å². The Morgan fingerprint density at radius 1 is 0.921 bits per heavy atom. The molecule has 0 aromatic heterocycles. The summed E-state index contributed by atoms with van der Waals surface area (Å²) in [6.45, 7) is 2.55. The van der Waals surface area contributed by atoms with Crippen LogP contribution >= 0.6 is 0 Å². The third kappa shape index (κ3) is 7.46. The summed E-state index contributed by atoms with van der Waals surface area (Å²) in [6.07, 6.45) is 0.765. The molecule has 3 aromatic carbocycles. The van der Waals surface area contributed by atoms with Crippen molar-refractivity contribution < 1.29 is 32.6 Å². The number of nitrogens with one attached hydrogen (secondary N) is 3. The van der Waals surface area contributed by atoms with E-state index in [0.29, 0.717) is 23.5 Å². The molecule has 38 heavy (non-hydrogen) atoms. The van der Waals surface area contributed by atoms with Crippen LogP contribution in [0.3, 0.4) is 0 Å². The first-order valence-corrected chi connectivity index (χ1v) is 13.4. The number of anilines is 1. The summed E-state index contributed by atoms with van der Waals surface area (Å²) in [6, 6.07) is 16.8. The third-order valence-electron chi connectivity index (χ3n) is 5.64. The van der Waals surface area contributed by atoms with Crippen molar-refractivity contribution in [3.63, 3.8) is 0 Å². The summed E-state index contributed by atoms with van der Waals surface area (Å²) in [7, 11) is -1.36. The molecule has 2 amide bonds. The van der Waals surface area contributed by atoms with Crippen molar-refractivity contribution >= 4 is 27.7 Å². The fraction of sp³-hybridized carbons (Fsp3) is 0.259. The fourth-order valence-electron chi connectivity index (χ4n) is 3.68. The Labute approximate surface area is 222 Å². The number of methoxy groups -OCH3 is 2. The Balaban J connectivity index is 1.73. The number of aliphatic carboxylic acids is 1. The van der Waals surface area contributed by atoms with E-state index in [-0.39, 0.29) is 23.1 Å². The Bertz CT molecular complexity index is 1380. The molecule has 0 fully saturated rings. The summed E-state index contributed by atoms with van der Waals surface area (Å²) < 4.78 is 38.4. The molecule has 0 radical (unpaired) electrons. The number of benzene rings is 3. The lowest BCUT2D eigenvalue weighted by Gasteiger charge is -2.16. The van der Waals surface area contributed by atoms with E-state index in [1.165, 1.54) is 32.4 Å². The van der Waals surface area contributed by atoms with Gasteiger partial charge in [0.2, 0.25) is 10.0 Å². The van der Waals surface area contributed by atoms with Gasteiger partial charge in [0, 0.05) is 18.3 Å². The van der Waals surface area contributed by atoms with E-state index in [4.69, 9.17) is 9.47 Å². The molecule has 3 rings (SSSR count). The Morgan fingerprint density at radius 3 is 2.26 bits per heavy atom. The van der Waals surface area contributed by atoms with Crippen LogP contribution in [0.1, 0.15) is 18.9 Å². The highest BCUT2D eigenvalue weighted by atomic mass is 32.2. The Hall–Kier alpha value is -4.09. The van der Waals surface area contributed by atoms with Crippen LogP contribution in [-0.2, 0) is 21.2 Å². The number of sulfonamides is 1. The van der Waals surface area contributed by atoms with Crippen LogP contribution < -0.4 is 24.8 Å². The van der Waals surface area contributed by atoms with Crippen molar-refractivity contribution in [3.8, 4) is 22.6 Å². The summed E-state index contributed by atoms with van der Waals surface area (Å²) in [5, 5.41) is 15.2. The zero-order chi connectivity index (χ0) is 27.7. The van der Waals surface area contributed by atoms with Gasteiger partial charge >= 0.3 is 12.0 Å². The lowest BCUT2D eigenvalue weighted by Crippen LogP contribution is -2.42. The number of urea groups is 1. The maximum Gasteiger partial charge on any atom is 0.322 e. The highest BCUT2D eigenvalue weighted by Gasteiger charge is 2.26. The molecule has 1 atom stereocenters. The van der Waals surface area contributed by atoms with Gasteiger partial charge in [0.25, 0.3) is 0 Å². The molecule has 0 aliphatic rings. The van der Waals surface area contributed by atoms with Crippen LogP contribution in [0.2, 0.25) is 0 Å². The molecule has 11 heteroatoms. The summed E-state index contributed by atoms with van der Waals surface area (Å²) in [4.78, 5) is 23.7. The van der Waals surface area contributed by atoms with Crippen molar-refractivity contribution in [2.45, 2.75) is 30.7 Å². The summed E-state index contributed by atoms with van der Waals surface area (Å²) >= 11 is 0. The molecule has 0 spiro atoms. The summed E-state index contributed by atoms with van der Waals surface area (Å²) in [5.74, 6) is -0.751. The third-order valence-corrected chi connectivity index (χ3v) is 7.11. The van der Waals surface area contributed by atoms with Crippen molar-refractivity contribution in [2.24, 2.45) is 0 Å². The number of carbonyl (C=O) groups is 2. The zero-order valence-corrected chi connectivity index (χ0v) is 22.2. The predicted octanol–water partition coefficient (Wildman–Crippen LogP) is 3.88. The monoisotopic (exact) mass is 541 g/mol. The van der Waals surface area contributed by atoms with Crippen molar-refractivity contribution in [1.82, 2.24) is 10.0 Å². The number of carboxylic acids is 1. The predicted molar refractivity (Wildman–Crippen MR) is 144 cm³/mol. The molecule has 0 heterocycles. The first-order valence-electron chi connectivity index (χ1n) is 11.9. The largest absolute Gasteiger partial charge is 0.493 e. The molecule has 0 saturated carbocycles. The number of carbonyl (C=O) groups excluding carboxylic acids is 1. The number of amides is 2. The van der Waals surface area contributed by atoms with Crippen LogP contribution in [0.15, 0.2) is 71.6 Å². The number of carboxylic acid groups (broad SMARTS) is 1. The highest BCUT2D eigenvalue weighted by Crippen LogP contribution is 2.29. The summed E-state index contributed by atoms with van der Waals surface area (Å²) in [5.41, 5.74) is 2.97. The van der Waals surface area contributed by atoms with Crippen molar-refractivity contribution in [1.29, 1.82) is 0 Å². The topological polar surface area (TPSA) is 143 Å². The van der Waals surface area contributed by atoms with Crippen LogP contribution in [0.4, 0.5) is 10.5 Å². The van der Waals surface area contributed by atoms with E-state index >= 15 is 0 Å².